The second kappa shape index (κ2) is 5.66. The van der Waals surface area contributed by atoms with Gasteiger partial charge in [0.05, 0.1) is 6.20 Å². The standard InChI is InChI=1S/C12H12N4O2S2/c1-15(2)20(17,18)16-9-12(14-11(16)8-13)19-10-6-4-3-5-7-10/h3-7,9H,1-2H3. The Labute approximate surface area is 121 Å². The van der Waals surface area contributed by atoms with Crippen LogP contribution in [0.25, 0.3) is 0 Å². The highest BCUT2D eigenvalue weighted by Gasteiger charge is 2.22. The Bertz CT molecular complexity index is 746. The lowest BCUT2D eigenvalue weighted by Gasteiger charge is -2.11. The van der Waals surface area contributed by atoms with Gasteiger partial charge >= 0.3 is 10.2 Å². The summed E-state index contributed by atoms with van der Waals surface area (Å²) in [6.07, 6.45) is 1.35. The van der Waals surface area contributed by atoms with E-state index in [4.69, 9.17) is 5.26 Å². The third kappa shape index (κ3) is 2.85. The molecule has 0 radical (unpaired) electrons. The van der Waals surface area contributed by atoms with Gasteiger partial charge in [0.25, 0.3) is 0 Å². The summed E-state index contributed by atoms with van der Waals surface area (Å²) in [5.41, 5.74) is 0. The fourth-order valence-corrected chi connectivity index (χ4v) is 3.21. The molecule has 0 aliphatic rings. The van der Waals surface area contributed by atoms with Crippen molar-refractivity contribution in [3.05, 3.63) is 42.4 Å². The maximum atomic E-state index is 12.1. The van der Waals surface area contributed by atoms with Crippen LogP contribution in [0.1, 0.15) is 5.82 Å². The first kappa shape index (κ1) is 14.6. The van der Waals surface area contributed by atoms with E-state index in [9.17, 15) is 8.42 Å². The Morgan fingerprint density at radius 2 is 1.95 bits per heavy atom. The molecule has 0 saturated carbocycles. The predicted octanol–water partition coefficient (Wildman–Crippen LogP) is 1.56. The molecule has 1 aromatic heterocycles. The monoisotopic (exact) mass is 308 g/mol. The van der Waals surface area contributed by atoms with Gasteiger partial charge in [-0.15, -0.1) is 0 Å². The van der Waals surface area contributed by atoms with Gasteiger partial charge < -0.3 is 0 Å². The van der Waals surface area contributed by atoms with Crippen molar-refractivity contribution in [1.29, 1.82) is 5.26 Å². The van der Waals surface area contributed by atoms with Crippen molar-refractivity contribution in [2.45, 2.75) is 9.92 Å². The molecule has 104 valence electrons. The Kier molecular flexibility index (Phi) is 4.13. The summed E-state index contributed by atoms with van der Waals surface area (Å²) in [6, 6.07) is 11.2. The lowest BCUT2D eigenvalue weighted by Crippen LogP contribution is -2.29. The third-order valence-electron chi connectivity index (χ3n) is 2.43. The molecule has 2 rings (SSSR count). The summed E-state index contributed by atoms with van der Waals surface area (Å²) in [5, 5.41) is 9.47. The molecule has 6 nitrogen and oxygen atoms in total. The van der Waals surface area contributed by atoms with E-state index in [1.165, 1.54) is 32.1 Å². The predicted molar refractivity (Wildman–Crippen MR) is 75.5 cm³/mol. The Morgan fingerprint density at radius 1 is 1.30 bits per heavy atom. The van der Waals surface area contributed by atoms with Crippen LogP contribution in [-0.4, -0.2) is 35.8 Å². The van der Waals surface area contributed by atoms with Crippen LogP contribution in [0.5, 0.6) is 0 Å². The van der Waals surface area contributed by atoms with Crippen molar-refractivity contribution in [3.8, 4) is 6.07 Å². The molecule has 0 spiro atoms. The van der Waals surface area contributed by atoms with Crippen molar-refractivity contribution >= 4 is 22.0 Å². The highest BCUT2D eigenvalue weighted by molar-refractivity contribution is 7.99. The smallest absolute Gasteiger partial charge is 0.211 e. The Balaban J connectivity index is 2.41. The van der Waals surface area contributed by atoms with E-state index < -0.39 is 10.2 Å². The van der Waals surface area contributed by atoms with E-state index >= 15 is 0 Å². The number of aromatic nitrogens is 2. The van der Waals surface area contributed by atoms with Gasteiger partial charge in [-0.2, -0.15) is 18.0 Å². The molecular formula is C12H12N4O2S2. The number of imidazole rings is 1. The molecule has 0 fully saturated rings. The molecule has 0 aliphatic carbocycles. The summed E-state index contributed by atoms with van der Waals surface area (Å²) in [5.74, 6) is -0.155. The molecule has 0 saturated heterocycles. The minimum absolute atomic E-state index is 0.155. The fraction of sp³-hybridized carbons (Fsp3) is 0.167. The average molecular weight is 308 g/mol. The number of rotatable bonds is 4. The van der Waals surface area contributed by atoms with Crippen LogP contribution in [0.2, 0.25) is 0 Å². The van der Waals surface area contributed by atoms with Gasteiger partial charge in [0.2, 0.25) is 5.82 Å². The van der Waals surface area contributed by atoms with E-state index in [0.29, 0.717) is 5.03 Å². The Hall–Kier alpha value is -1.82. The molecule has 0 amide bonds. The fourth-order valence-electron chi connectivity index (χ4n) is 1.43. The van der Waals surface area contributed by atoms with Crippen LogP contribution < -0.4 is 0 Å². The highest BCUT2D eigenvalue weighted by Crippen LogP contribution is 2.27. The van der Waals surface area contributed by atoms with Gasteiger partial charge in [0.15, 0.2) is 0 Å². The summed E-state index contributed by atoms with van der Waals surface area (Å²) in [7, 11) is -0.933. The van der Waals surface area contributed by atoms with Gasteiger partial charge in [0, 0.05) is 19.0 Å². The van der Waals surface area contributed by atoms with Crippen molar-refractivity contribution in [2.24, 2.45) is 0 Å². The largest absolute Gasteiger partial charge is 0.309 e. The molecule has 0 N–H and O–H groups in total. The van der Waals surface area contributed by atoms with Crippen LogP contribution in [0.4, 0.5) is 0 Å². The van der Waals surface area contributed by atoms with Crippen LogP contribution >= 0.6 is 11.8 Å². The maximum absolute atomic E-state index is 12.1. The third-order valence-corrected chi connectivity index (χ3v) is 5.04. The molecule has 2 aromatic rings. The lowest BCUT2D eigenvalue weighted by molar-refractivity contribution is 0.510. The normalized spacial score (nSPS) is 11.5. The topological polar surface area (TPSA) is 79.0 Å². The lowest BCUT2D eigenvalue weighted by atomic mass is 10.4. The molecular weight excluding hydrogens is 296 g/mol. The summed E-state index contributed by atoms with van der Waals surface area (Å²) in [6.45, 7) is 0. The number of benzene rings is 1. The molecule has 0 atom stereocenters. The van der Waals surface area contributed by atoms with Gasteiger partial charge in [-0.05, 0) is 12.1 Å². The number of nitriles is 1. The van der Waals surface area contributed by atoms with Gasteiger partial charge in [-0.3, -0.25) is 0 Å². The first-order valence-corrected chi connectivity index (χ1v) is 7.82. The zero-order valence-electron chi connectivity index (χ0n) is 10.9. The van der Waals surface area contributed by atoms with Crippen LogP contribution in [-0.2, 0) is 10.2 Å². The van der Waals surface area contributed by atoms with Crippen LogP contribution in [0, 0.1) is 11.3 Å². The molecule has 0 aliphatic heterocycles. The van der Waals surface area contributed by atoms with Crippen molar-refractivity contribution in [1.82, 2.24) is 13.3 Å². The van der Waals surface area contributed by atoms with Gasteiger partial charge in [0.1, 0.15) is 11.1 Å². The highest BCUT2D eigenvalue weighted by atomic mass is 32.2. The molecule has 8 heteroatoms. The molecule has 1 aromatic carbocycles. The van der Waals surface area contributed by atoms with Crippen molar-refractivity contribution in [2.75, 3.05) is 14.1 Å². The molecule has 0 unspecified atom stereocenters. The molecule has 1 heterocycles. The summed E-state index contributed by atoms with van der Waals surface area (Å²) in [4.78, 5) is 4.95. The second-order valence-corrected chi connectivity index (χ2v) is 7.13. The first-order valence-electron chi connectivity index (χ1n) is 5.60. The first-order chi connectivity index (χ1) is 9.45. The van der Waals surface area contributed by atoms with E-state index in [2.05, 4.69) is 4.98 Å². The van der Waals surface area contributed by atoms with Gasteiger partial charge in [-0.25, -0.2) is 8.96 Å². The maximum Gasteiger partial charge on any atom is 0.309 e. The quantitative estimate of drug-likeness (QED) is 0.856. The van der Waals surface area contributed by atoms with Crippen molar-refractivity contribution < 1.29 is 8.42 Å². The molecule has 20 heavy (non-hydrogen) atoms. The van der Waals surface area contributed by atoms with Gasteiger partial charge in [-0.1, -0.05) is 30.0 Å². The summed E-state index contributed by atoms with van der Waals surface area (Å²) < 4.78 is 26.1. The number of nitrogens with zero attached hydrogens (tertiary/aromatic N) is 4. The van der Waals surface area contributed by atoms with E-state index in [-0.39, 0.29) is 5.82 Å². The van der Waals surface area contributed by atoms with Crippen LogP contribution in [0.3, 0.4) is 0 Å². The number of hydrogen-bond acceptors (Lipinski definition) is 5. The second-order valence-electron chi connectivity index (χ2n) is 4.02. The van der Waals surface area contributed by atoms with Crippen LogP contribution in [0.15, 0.2) is 46.5 Å². The van der Waals surface area contributed by atoms with E-state index in [0.717, 1.165) is 13.2 Å². The van der Waals surface area contributed by atoms with Crippen molar-refractivity contribution in [3.63, 3.8) is 0 Å². The minimum Gasteiger partial charge on any atom is -0.211 e. The Morgan fingerprint density at radius 3 is 2.50 bits per heavy atom. The summed E-state index contributed by atoms with van der Waals surface area (Å²) >= 11 is 1.30. The zero-order chi connectivity index (χ0) is 14.8. The average Bonchev–Trinajstić information content (AvgIpc) is 2.83. The minimum atomic E-state index is -3.74. The van der Waals surface area contributed by atoms with E-state index in [1.54, 1.807) is 6.07 Å². The number of hydrogen-bond donors (Lipinski definition) is 0. The van der Waals surface area contributed by atoms with E-state index in [1.807, 2.05) is 30.3 Å². The molecule has 0 bridgehead atoms. The SMILES string of the molecule is CN(C)S(=O)(=O)n1cc(Sc2ccccc2)nc1C#N. The zero-order valence-corrected chi connectivity index (χ0v) is 12.5.